The van der Waals surface area contributed by atoms with Gasteiger partial charge < -0.3 is 9.64 Å². The molecule has 0 aliphatic carbocycles. The van der Waals surface area contributed by atoms with E-state index in [4.69, 9.17) is 4.74 Å². The average molecular weight is 343 g/mol. The average Bonchev–Trinajstić information content (AvgIpc) is 2.72. The summed E-state index contributed by atoms with van der Waals surface area (Å²) in [4.78, 5) is 13.1. The van der Waals surface area contributed by atoms with Gasteiger partial charge in [0.25, 0.3) is 0 Å². The highest BCUT2D eigenvalue weighted by molar-refractivity contribution is 5.74. The first kappa shape index (κ1) is 16.4. The van der Waals surface area contributed by atoms with Crippen molar-refractivity contribution in [3.63, 3.8) is 0 Å². The summed E-state index contributed by atoms with van der Waals surface area (Å²) in [5.74, 6) is 0.772. The summed E-state index contributed by atoms with van der Waals surface area (Å²) >= 11 is 0. The number of aryl methyl sites for hydroxylation is 1. The Morgan fingerprint density at radius 1 is 0.962 bits per heavy atom. The van der Waals surface area contributed by atoms with Crippen molar-refractivity contribution < 1.29 is 9.53 Å². The van der Waals surface area contributed by atoms with Crippen molar-refractivity contribution in [2.24, 2.45) is 0 Å². The van der Waals surface area contributed by atoms with Gasteiger partial charge in [-0.15, -0.1) is 0 Å². The van der Waals surface area contributed by atoms with Crippen LogP contribution in [0.25, 0.3) is 0 Å². The molecule has 26 heavy (non-hydrogen) atoms. The molecular formula is C23H21NO2. The van der Waals surface area contributed by atoms with Crippen LogP contribution in [0.1, 0.15) is 27.9 Å². The highest BCUT2D eigenvalue weighted by Gasteiger charge is 2.18. The fourth-order valence-corrected chi connectivity index (χ4v) is 3.40. The summed E-state index contributed by atoms with van der Waals surface area (Å²) in [6.07, 6.45) is 3.12. The topological polar surface area (TPSA) is 29.5 Å². The van der Waals surface area contributed by atoms with Gasteiger partial charge in [0.15, 0.2) is 0 Å². The van der Waals surface area contributed by atoms with E-state index in [9.17, 15) is 4.79 Å². The molecule has 0 unspecified atom stereocenters. The number of nitrogens with zero attached hydrogens (tertiary/aromatic N) is 1. The molecule has 0 saturated carbocycles. The summed E-state index contributed by atoms with van der Waals surface area (Å²) < 4.78 is 5.89. The quantitative estimate of drug-likeness (QED) is 0.599. The lowest BCUT2D eigenvalue weighted by atomic mass is 9.99. The molecule has 130 valence electrons. The molecule has 0 atom stereocenters. The summed E-state index contributed by atoms with van der Waals surface area (Å²) in [5.41, 5.74) is 5.70. The molecule has 3 aromatic carbocycles. The van der Waals surface area contributed by atoms with Crippen LogP contribution in [0.2, 0.25) is 0 Å². The van der Waals surface area contributed by atoms with Gasteiger partial charge in [-0.1, -0.05) is 30.3 Å². The van der Waals surface area contributed by atoms with Crippen molar-refractivity contribution in [1.29, 1.82) is 0 Å². The van der Waals surface area contributed by atoms with Crippen LogP contribution in [-0.4, -0.2) is 12.8 Å². The lowest BCUT2D eigenvalue weighted by molar-refractivity contribution is 0.112. The monoisotopic (exact) mass is 343 g/mol. The lowest BCUT2D eigenvalue weighted by Crippen LogP contribution is -2.24. The molecule has 1 aliphatic heterocycles. The Labute approximate surface area is 153 Å². The fraction of sp³-hybridized carbons (Fsp3) is 0.174. The van der Waals surface area contributed by atoms with E-state index in [1.807, 2.05) is 12.1 Å². The first-order valence-corrected chi connectivity index (χ1v) is 8.96. The fourth-order valence-electron chi connectivity index (χ4n) is 3.40. The first-order chi connectivity index (χ1) is 12.8. The number of anilines is 2. The molecule has 3 nitrogen and oxygen atoms in total. The molecule has 3 heteroatoms. The number of carbonyl (C=O) groups is 1. The van der Waals surface area contributed by atoms with Crippen molar-refractivity contribution in [2.45, 2.75) is 19.4 Å². The Balaban J connectivity index is 1.54. The van der Waals surface area contributed by atoms with Crippen molar-refractivity contribution in [2.75, 3.05) is 11.4 Å². The molecule has 0 saturated heterocycles. The van der Waals surface area contributed by atoms with Crippen molar-refractivity contribution in [1.82, 2.24) is 0 Å². The number of hydrogen-bond acceptors (Lipinski definition) is 3. The maximum Gasteiger partial charge on any atom is 0.150 e. The predicted molar refractivity (Wildman–Crippen MR) is 104 cm³/mol. The zero-order chi connectivity index (χ0) is 17.8. The Morgan fingerprint density at radius 2 is 1.77 bits per heavy atom. The smallest absolute Gasteiger partial charge is 0.150 e. The number of ether oxygens (including phenoxy) is 1. The van der Waals surface area contributed by atoms with Crippen LogP contribution in [0.4, 0.5) is 11.4 Å². The maximum absolute atomic E-state index is 10.7. The van der Waals surface area contributed by atoms with Gasteiger partial charge in [0.2, 0.25) is 0 Å². The zero-order valence-electron chi connectivity index (χ0n) is 14.6. The third kappa shape index (κ3) is 3.47. The molecule has 4 rings (SSSR count). The summed E-state index contributed by atoms with van der Waals surface area (Å²) in [6.45, 7) is 1.55. The summed E-state index contributed by atoms with van der Waals surface area (Å²) in [6, 6.07) is 24.3. The number of para-hydroxylation sites is 1. The molecule has 0 amide bonds. The molecule has 1 aliphatic rings. The molecule has 0 N–H and O–H groups in total. The van der Waals surface area contributed by atoms with E-state index in [2.05, 4.69) is 53.4 Å². The van der Waals surface area contributed by atoms with E-state index in [1.165, 1.54) is 23.4 Å². The molecule has 0 aromatic heterocycles. The van der Waals surface area contributed by atoms with E-state index in [0.717, 1.165) is 30.6 Å². The molecule has 0 fully saturated rings. The van der Waals surface area contributed by atoms with Gasteiger partial charge in [0.05, 0.1) is 0 Å². The largest absolute Gasteiger partial charge is 0.489 e. The maximum atomic E-state index is 10.7. The standard InChI is InChI=1S/C23H21NO2/c25-16-18-9-12-22(13-10-18)26-17-19-8-11-20-5-4-14-24(23(20)15-19)21-6-2-1-3-7-21/h1-3,6-13,15-16H,4-5,14,17H2. The van der Waals surface area contributed by atoms with Gasteiger partial charge in [0, 0.05) is 23.5 Å². The van der Waals surface area contributed by atoms with E-state index >= 15 is 0 Å². The van der Waals surface area contributed by atoms with E-state index < -0.39 is 0 Å². The number of carbonyl (C=O) groups excluding carboxylic acids is 1. The van der Waals surface area contributed by atoms with Gasteiger partial charge in [-0.2, -0.15) is 0 Å². The Bertz CT molecular complexity index is 888. The van der Waals surface area contributed by atoms with Crippen LogP contribution in [0, 0.1) is 0 Å². The minimum atomic E-state index is 0.510. The zero-order valence-corrected chi connectivity index (χ0v) is 14.6. The second kappa shape index (κ2) is 7.44. The van der Waals surface area contributed by atoms with E-state index in [1.54, 1.807) is 12.1 Å². The number of benzene rings is 3. The van der Waals surface area contributed by atoms with Gasteiger partial charge in [-0.05, 0) is 66.4 Å². The number of rotatable bonds is 5. The Kier molecular flexibility index (Phi) is 4.69. The second-order valence-corrected chi connectivity index (χ2v) is 6.53. The molecule has 0 radical (unpaired) electrons. The lowest BCUT2D eigenvalue weighted by Gasteiger charge is -2.32. The second-order valence-electron chi connectivity index (χ2n) is 6.53. The van der Waals surface area contributed by atoms with Crippen molar-refractivity contribution in [3.8, 4) is 5.75 Å². The van der Waals surface area contributed by atoms with Crippen LogP contribution in [0.5, 0.6) is 5.75 Å². The normalized spacial score (nSPS) is 13.2. The first-order valence-electron chi connectivity index (χ1n) is 8.96. The minimum absolute atomic E-state index is 0.510. The molecule has 0 spiro atoms. The van der Waals surface area contributed by atoms with Gasteiger partial charge >= 0.3 is 0 Å². The van der Waals surface area contributed by atoms with E-state index in [0.29, 0.717) is 12.2 Å². The van der Waals surface area contributed by atoms with Crippen molar-refractivity contribution in [3.05, 3.63) is 89.5 Å². The van der Waals surface area contributed by atoms with Gasteiger partial charge in [-0.25, -0.2) is 0 Å². The summed E-state index contributed by atoms with van der Waals surface area (Å²) in [7, 11) is 0. The summed E-state index contributed by atoms with van der Waals surface area (Å²) in [5, 5.41) is 0. The molecule has 3 aromatic rings. The van der Waals surface area contributed by atoms with Crippen LogP contribution in [0.15, 0.2) is 72.8 Å². The van der Waals surface area contributed by atoms with Gasteiger partial charge in [-0.3, -0.25) is 4.79 Å². The third-order valence-corrected chi connectivity index (χ3v) is 4.76. The van der Waals surface area contributed by atoms with Crippen LogP contribution in [-0.2, 0) is 13.0 Å². The predicted octanol–water partition coefficient (Wildman–Crippen LogP) is 5.16. The van der Waals surface area contributed by atoms with Gasteiger partial charge in [0.1, 0.15) is 18.6 Å². The molecule has 1 heterocycles. The number of aldehydes is 1. The SMILES string of the molecule is O=Cc1ccc(OCc2ccc3c(c2)N(c2ccccc2)CCC3)cc1. The highest BCUT2D eigenvalue weighted by Crippen LogP contribution is 2.34. The van der Waals surface area contributed by atoms with Crippen molar-refractivity contribution >= 4 is 17.7 Å². The third-order valence-electron chi connectivity index (χ3n) is 4.76. The van der Waals surface area contributed by atoms with Crippen LogP contribution < -0.4 is 9.64 Å². The Hall–Kier alpha value is -3.07. The number of fused-ring (bicyclic) bond motifs is 1. The highest BCUT2D eigenvalue weighted by atomic mass is 16.5. The van der Waals surface area contributed by atoms with Crippen LogP contribution in [0.3, 0.4) is 0 Å². The van der Waals surface area contributed by atoms with E-state index in [-0.39, 0.29) is 0 Å². The Morgan fingerprint density at radius 3 is 2.54 bits per heavy atom. The number of hydrogen-bond donors (Lipinski definition) is 0. The van der Waals surface area contributed by atoms with Crippen LogP contribution >= 0.6 is 0 Å². The molecular weight excluding hydrogens is 322 g/mol. The minimum Gasteiger partial charge on any atom is -0.489 e. The molecule has 0 bridgehead atoms.